The van der Waals surface area contributed by atoms with Gasteiger partial charge >= 0.3 is 0 Å². The van der Waals surface area contributed by atoms with E-state index >= 15 is 0 Å². The minimum Gasteiger partial charge on any atom is -0.366 e. The van der Waals surface area contributed by atoms with Crippen LogP contribution in [0.2, 0.25) is 5.02 Å². The fourth-order valence-electron chi connectivity index (χ4n) is 1.76. The van der Waals surface area contributed by atoms with E-state index in [1.54, 1.807) is 11.3 Å². The molecular formula is C14H16ClNOS. The van der Waals surface area contributed by atoms with Crippen LogP contribution in [0, 0.1) is 0 Å². The van der Waals surface area contributed by atoms with Gasteiger partial charge in [-0.1, -0.05) is 29.8 Å². The molecule has 2 aromatic rings. The van der Waals surface area contributed by atoms with Crippen LogP contribution < -0.4 is 5.73 Å². The number of ether oxygens (including phenoxy) is 1. The van der Waals surface area contributed by atoms with Crippen molar-refractivity contribution in [2.45, 2.75) is 25.7 Å². The third-order valence-corrected chi connectivity index (χ3v) is 3.79. The van der Waals surface area contributed by atoms with Crippen molar-refractivity contribution in [2.24, 2.45) is 5.73 Å². The van der Waals surface area contributed by atoms with E-state index in [9.17, 15) is 0 Å². The second kappa shape index (κ2) is 6.34. The molecule has 2 rings (SSSR count). The van der Waals surface area contributed by atoms with Gasteiger partial charge in [-0.15, -0.1) is 11.3 Å². The number of rotatable bonds is 5. The van der Waals surface area contributed by atoms with Crippen molar-refractivity contribution in [3.63, 3.8) is 0 Å². The van der Waals surface area contributed by atoms with Gasteiger partial charge in [0.1, 0.15) is 6.10 Å². The van der Waals surface area contributed by atoms with Gasteiger partial charge in [0.25, 0.3) is 0 Å². The van der Waals surface area contributed by atoms with E-state index in [0.29, 0.717) is 6.61 Å². The summed E-state index contributed by atoms with van der Waals surface area (Å²) in [5.41, 5.74) is 7.04. The van der Waals surface area contributed by atoms with Gasteiger partial charge in [-0.2, -0.15) is 0 Å². The molecule has 0 aliphatic carbocycles. The van der Waals surface area contributed by atoms with Crippen LogP contribution in [-0.4, -0.2) is 6.04 Å². The van der Waals surface area contributed by atoms with Gasteiger partial charge in [0, 0.05) is 15.9 Å². The minimum atomic E-state index is -0.0658. The Bertz CT molecular complexity index is 484. The molecule has 2 N–H and O–H groups in total. The molecule has 0 radical (unpaired) electrons. The van der Waals surface area contributed by atoms with E-state index in [1.807, 2.05) is 42.6 Å². The Morgan fingerprint density at radius 2 is 2.17 bits per heavy atom. The fourth-order valence-corrected chi connectivity index (χ4v) is 2.86. The third-order valence-electron chi connectivity index (χ3n) is 2.62. The van der Waals surface area contributed by atoms with Crippen LogP contribution in [0.15, 0.2) is 41.8 Å². The molecule has 96 valence electrons. The predicted molar refractivity (Wildman–Crippen MR) is 77.0 cm³/mol. The highest BCUT2D eigenvalue weighted by molar-refractivity contribution is 7.10. The molecule has 2 unspecified atom stereocenters. The molecule has 0 saturated heterocycles. The fraction of sp³-hybridized carbons (Fsp3) is 0.286. The van der Waals surface area contributed by atoms with Gasteiger partial charge in [0.05, 0.1) is 6.61 Å². The number of halogens is 1. The standard InChI is InChI=1S/C14H16ClNOS/c1-10(16)14(13-6-3-7-18-13)17-9-11-4-2-5-12(15)8-11/h2-8,10,14H,9,16H2,1H3. The molecule has 0 aliphatic heterocycles. The molecule has 0 fully saturated rings. The van der Waals surface area contributed by atoms with Crippen LogP contribution >= 0.6 is 22.9 Å². The SMILES string of the molecule is CC(N)C(OCc1cccc(Cl)c1)c1cccs1. The molecule has 1 heterocycles. The summed E-state index contributed by atoms with van der Waals surface area (Å²) in [6.45, 7) is 2.48. The second-order valence-electron chi connectivity index (χ2n) is 4.24. The number of nitrogens with two attached hydrogens (primary N) is 1. The summed E-state index contributed by atoms with van der Waals surface area (Å²) in [5, 5.41) is 2.76. The maximum absolute atomic E-state index is 5.98. The lowest BCUT2D eigenvalue weighted by molar-refractivity contribution is 0.0282. The van der Waals surface area contributed by atoms with Gasteiger partial charge in [-0.3, -0.25) is 0 Å². The Labute approximate surface area is 116 Å². The van der Waals surface area contributed by atoms with Crippen LogP contribution in [0.4, 0.5) is 0 Å². The van der Waals surface area contributed by atoms with Crippen molar-refractivity contribution >= 4 is 22.9 Å². The van der Waals surface area contributed by atoms with Crippen molar-refractivity contribution < 1.29 is 4.74 Å². The monoisotopic (exact) mass is 281 g/mol. The number of benzene rings is 1. The molecule has 1 aromatic heterocycles. The van der Waals surface area contributed by atoms with E-state index in [4.69, 9.17) is 22.1 Å². The number of hydrogen-bond acceptors (Lipinski definition) is 3. The predicted octanol–water partition coefficient (Wildman–Crippen LogP) is 4.01. The van der Waals surface area contributed by atoms with Crippen LogP contribution in [0.3, 0.4) is 0 Å². The zero-order valence-electron chi connectivity index (χ0n) is 10.2. The van der Waals surface area contributed by atoms with Crippen molar-refractivity contribution in [2.75, 3.05) is 0 Å². The summed E-state index contributed by atoms with van der Waals surface area (Å²) < 4.78 is 5.92. The quantitative estimate of drug-likeness (QED) is 0.899. The van der Waals surface area contributed by atoms with Gasteiger partial charge in [0.15, 0.2) is 0 Å². The van der Waals surface area contributed by atoms with E-state index < -0.39 is 0 Å². The Balaban J connectivity index is 2.03. The first kappa shape index (κ1) is 13.6. The van der Waals surface area contributed by atoms with E-state index in [-0.39, 0.29) is 12.1 Å². The van der Waals surface area contributed by atoms with Gasteiger partial charge < -0.3 is 10.5 Å². The molecule has 2 atom stereocenters. The zero-order valence-corrected chi connectivity index (χ0v) is 11.7. The smallest absolute Gasteiger partial charge is 0.107 e. The lowest BCUT2D eigenvalue weighted by Crippen LogP contribution is -2.26. The van der Waals surface area contributed by atoms with E-state index in [0.717, 1.165) is 15.5 Å². The summed E-state index contributed by atoms with van der Waals surface area (Å²) in [4.78, 5) is 1.16. The Morgan fingerprint density at radius 3 is 2.78 bits per heavy atom. The highest BCUT2D eigenvalue weighted by Crippen LogP contribution is 2.26. The topological polar surface area (TPSA) is 35.2 Å². The molecular weight excluding hydrogens is 266 g/mol. The minimum absolute atomic E-state index is 0.0390. The summed E-state index contributed by atoms with van der Waals surface area (Å²) in [6, 6.07) is 11.7. The summed E-state index contributed by atoms with van der Waals surface area (Å²) in [7, 11) is 0. The first-order valence-electron chi connectivity index (χ1n) is 5.82. The molecule has 0 saturated carbocycles. The third kappa shape index (κ3) is 3.56. The lowest BCUT2D eigenvalue weighted by Gasteiger charge is -2.20. The van der Waals surface area contributed by atoms with Crippen LogP contribution in [0.25, 0.3) is 0 Å². The lowest BCUT2D eigenvalue weighted by atomic mass is 10.1. The van der Waals surface area contributed by atoms with Crippen LogP contribution in [0.1, 0.15) is 23.5 Å². The summed E-state index contributed by atoms with van der Waals surface area (Å²) >= 11 is 7.61. The van der Waals surface area contributed by atoms with E-state index in [1.165, 1.54) is 0 Å². The zero-order chi connectivity index (χ0) is 13.0. The van der Waals surface area contributed by atoms with Gasteiger partial charge in [0.2, 0.25) is 0 Å². The highest BCUT2D eigenvalue weighted by atomic mass is 35.5. The maximum atomic E-state index is 5.98. The second-order valence-corrected chi connectivity index (χ2v) is 5.65. The average molecular weight is 282 g/mol. The van der Waals surface area contributed by atoms with Crippen molar-refractivity contribution in [3.8, 4) is 0 Å². The largest absolute Gasteiger partial charge is 0.366 e. The number of hydrogen-bond donors (Lipinski definition) is 1. The van der Waals surface area contributed by atoms with Crippen LogP contribution in [-0.2, 0) is 11.3 Å². The molecule has 0 amide bonds. The van der Waals surface area contributed by atoms with Gasteiger partial charge in [-0.25, -0.2) is 0 Å². The maximum Gasteiger partial charge on any atom is 0.107 e. The molecule has 4 heteroatoms. The molecule has 0 bridgehead atoms. The van der Waals surface area contributed by atoms with E-state index in [2.05, 4.69) is 6.07 Å². The van der Waals surface area contributed by atoms with Crippen molar-refractivity contribution in [1.82, 2.24) is 0 Å². The molecule has 0 aliphatic rings. The highest BCUT2D eigenvalue weighted by Gasteiger charge is 2.17. The molecule has 2 nitrogen and oxygen atoms in total. The average Bonchev–Trinajstić information content (AvgIpc) is 2.82. The molecule has 1 aromatic carbocycles. The van der Waals surface area contributed by atoms with Crippen molar-refractivity contribution in [3.05, 3.63) is 57.2 Å². The molecule has 18 heavy (non-hydrogen) atoms. The number of thiophene rings is 1. The normalized spacial score (nSPS) is 14.4. The van der Waals surface area contributed by atoms with Crippen molar-refractivity contribution in [1.29, 1.82) is 0 Å². The first-order chi connectivity index (χ1) is 8.66. The summed E-state index contributed by atoms with van der Waals surface area (Å²) in [6.07, 6.45) is -0.0658. The Hall–Kier alpha value is -0.870. The molecule has 0 spiro atoms. The van der Waals surface area contributed by atoms with Crippen LogP contribution in [0.5, 0.6) is 0 Å². The Kier molecular flexibility index (Phi) is 4.78. The Morgan fingerprint density at radius 1 is 1.33 bits per heavy atom. The first-order valence-corrected chi connectivity index (χ1v) is 7.07. The van der Waals surface area contributed by atoms with Gasteiger partial charge in [-0.05, 0) is 36.1 Å². The summed E-state index contributed by atoms with van der Waals surface area (Å²) in [5.74, 6) is 0.